The van der Waals surface area contributed by atoms with E-state index in [1.165, 1.54) is 17.2 Å². The Labute approximate surface area is 339 Å². The molecular formula is C43H50ClN5O7S. The van der Waals surface area contributed by atoms with Gasteiger partial charge in [-0.3, -0.25) is 14.5 Å². The number of piperidine rings is 1. The first kappa shape index (κ1) is 38.2. The maximum Gasteiger partial charge on any atom is 0.410 e. The monoisotopic (exact) mass is 815 g/mol. The molecule has 12 nitrogen and oxygen atoms in total. The standard InChI is InChI=1S/C43H50ClN5O7S/c1-46-23-34-10-11-35(24-47(34)25-41(46)51)56-42(52)48-20-29-5-2-4-28(16-29)17-40(50)45-57(53,54)36-12-14-39-38(19-36)49(22-32-8-7-31(32)21-48)26-43(27-55-39)15-3-6-30-18-33(44)9-13-37(30)43/h2,4-5,9,12-14,16,18-19,31-32,34-35H,3,6-8,10-11,15,17,20-27H2,1H3,(H,45,50)/t31-,32-,34?,35?,43-/m0/s1. The Morgan fingerprint density at radius 3 is 2.60 bits per heavy atom. The van der Waals surface area contributed by atoms with E-state index in [-0.39, 0.29) is 59.3 Å². The van der Waals surface area contributed by atoms with Crippen LogP contribution < -0.4 is 14.4 Å². The summed E-state index contributed by atoms with van der Waals surface area (Å²) in [7, 11) is -2.37. The van der Waals surface area contributed by atoms with Crippen LogP contribution in [0.15, 0.2) is 65.6 Å². The summed E-state index contributed by atoms with van der Waals surface area (Å²) in [4.78, 5) is 48.1. The molecule has 1 saturated carbocycles. The van der Waals surface area contributed by atoms with Crippen LogP contribution in [0, 0.1) is 11.8 Å². The molecule has 9 rings (SSSR count). The molecule has 4 aliphatic heterocycles. The van der Waals surface area contributed by atoms with Gasteiger partial charge >= 0.3 is 6.09 Å². The predicted octanol–water partition coefficient (Wildman–Crippen LogP) is 5.14. The number of piperazine rings is 1. The SMILES string of the molecule is CN1CC2CCC(OC(=O)N3Cc4cccc(c4)CC(=O)NS(=O)(=O)c4ccc5c(c4)N(C[C@@H]4CC[C@H]4C3)C[C@@]3(CCCc4cc(Cl)ccc43)CO5)CN2CC1=O. The fourth-order valence-corrected chi connectivity index (χ4v) is 11.3. The molecule has 1 N–H and O–H groups in total. The van der Waals surface area contributed by atoms with Crippen LogP contribution in [-0.2, 0) is 49.2 Å². The predicted molar refractivity (Wildman–Crippen MR) is 215 cm³/mol. The minimum absolute atomic E-state index is 0.00194. The van der Waals surface area contributed by atoms with Crippen molar-refractivity contribution in [2.75, 3.05) is 57.8 Å². The van der Waals surface area contributed by atoms with Gasteiger partial charge in [-0.15, -0.1) is 0 Å². The number of fused-ring (bicyclic) bond motifs is 7. The maximum absolute atomic E-state index is 14.2. The molecule has 3 amide bonds. The summed E-state index contributed by atoms with van der Waals surface area (Å²) in [6.07, 6.45) is 5.44. The summed E-state index contributed by atoms with van der Waals surface area (Å²) < 4.78 is 42.8. The van der Waals surface area contributed by atoms with Gasteiger partial charge in [-0.1, -0.05) is 41.9 Å². The van der Waals surface area contributed by atoms with E-state index in [9.17, 15) is 22.8 Å². The van der Waals surface area contributed by atoms with Gasteiger partial charge in [0.05, 0.1) is 30.2 Å². The third-order valence-electron chi connectivity index (χ3n) is 13.3. The van der Waals surface area contributed by atoms with Gasteiger partial charge in [0.15, 0.2) is 0 Å². The van der Waals surface area contributed by atoms with E-state index in [2.05, 4.69) is 26.7 Å². The molecule has 4 bridgehead atoms. The van der Waals surface area contributed by atoms with E-state index in [4.69, 9.17) is 21.1 Å². The van der Waals surface area contributed by atoms with Crippen molar-refractivity contribution in [3.63, 3.8) is 0 Å². The van der Waals surface area contributed by atoms with Crippen LogP contribution in [0.3, 0.4) is 0 Å². The molecule has 14 heteroatoms. The Morgan fingerprint density at radius 2 is 1.75 bits per heavy atom. The molecule has 3 aromatic carbocycles. The van der Waals surface area contributed by atoms with Crippen LogP contribution in [0.2, 0.25) is 5.02 Å². The fraction of sp³-hybridized carbons (Fsp3) is 0.512. The highest BCUT2D eigenvalue weighted by Gasteiger charge is 2.44. The number of nitrogens with zero attached hydrogens (tertiary/aromatic N) is 4. The number of rotatable bonds is 1. The number of nitrogens with one attached hydrogen (secondary N) is 1. The smallest absolute Gasteiger partial charge is 0.410 e. The number of halogens is 1. The lowest BCUT2D eigenvalue weighted by molar-refractivity contribution is -0.139. The Morgan fingerprint density at radius 1 is 0.930 bits per heavy atom. The Balaban J connectivity index is 1.04. The summed E-state index contributed by atoms with van der Waals surface area (Å²) in [5.74, 6) is 0.424. The van der Waals surface area contributed by atoms with Gasteiger partial charge in [0.1, 0.15) is 11.9 Å². The number of aryl methyl sites for hydroxylation is 1. The zero-order chi connectivity index (χ0) is 39.5. The van der Waals surface area contributed by atoms with Crippen molar-refractivity contribution >= 4 is 45.2 Å². The molecular weight excluding hydrogens is 766 g/mol. The summed E-state index contributed by atoms with van der Waals surface area (Å²) in [6.45, 7) is 4.01. The highest BCUT2D eigenvalue weighted by molar-refractivity contribution is 7.90. The third-order valence-corrected chi connectivity index (χ3v) is 14.9. The van der Waals surface area contributed by atoms with Crippen LogP contribution in [0.1, 0.15) is 60.8 Å². The van der Waals surface area contributed by atoms with Gasteiger partial charge < -0.3 is 24.2 Å². The normalized spacial score (nSPS) is 28.7. The molecule has 6 aliphatic rings. The summed E-state index contributed by atoms with van der Waals surface area (Å²) in [5.41, 5.74) is 4.22. The van der Waals surface area contributed by atoms with E-state index >= 15 is 0 Å². The Hall–Kier alpha value is -4.33. The van der Waals surface area contributed by atoms with Crippen molar-refractivity contribution in [3.8, 4) is 5.75 Å². The zero-order valence-corrected chi connectivity index (χ0v) is 33.9. The van der Waals surface area contributed by atoms with Crippen LogP contribution in [0.25, 0.3) is 0 Å². The lowest BCUT2D eigenvalue weighted by atomic mass is 9.69. The lowest BCUT2D eigenvalue weighted by Gasteiger charge is -2.46. The van der Waals surface area contributed by atoms with Gasteiger partial charge in [0.25, 0.3) is 10.0 Å². The van der Waals surface area contributed by atoms with Crippen molar-refractivity contribution in [1.82, 2.24) is 19.4 Å². The van der Waals surface area contributed by atoms with Crippen molar-refractivity contribution < 1.29 is 32.3 Å². The molecule has 3 fully saturated rings. The number of likely N-dealkylation sites (N-methyl/N-ethyl adjacent to an activating group) is 1. The minimum atomic E-state index is -4.21. The minimum Gasteiger partial charge on any atom is -0.490 e. The number of carbonyl (C=O) groups excluding carboxylic acids is 3. The van der Waals surface area contributed by atoms with E-state index in [0.717, 1.165) is 50.5 Å². The summed E-state index contributed by atoms with van der Waals surface area (Å²) >= 11 is 6.48. The molecule has 4 heterocycles. The fourth-order valence-electron chi connectivity index (χ4n) is 10.1. The van der Waals surface area contributed by atoms with Gasteiger partial charge in [-0.25, -0.2) is 17.9 Å². The van der Waals surface area contributed by atoms with Crippen molar-refractivity contribution in [1.29, 1.82) is 0 Å². The number of anilines is 1. The average molecular weight is 816 g/mol. The number of sulfonamides is 1. The van der Waals surface area contributed by atoms with Crippen molar-refractivity contribution in [2.45, 2.75) is 80.4 Å². The molecule has 2 saturated heterocycles. The molecule has 0 aromatic heterocycles. The Kier molecular flexibility index (Phi) is 10.1. The second-order valence-electron chi connectivity index (χ2n) is 17.2. The number of ether oxygens (including phenoxy) is 2. The number of hydrogen-bond acceptors (Lipinski definition) is 9. The molecule has 302 valence electrons. The van der Waals surface area contributed by atoms with Crippen LogP contribution >= 0.6 is 11.6 Å². The van der Waals surface area contributed by atoms with Gasteiger partial charge in [-0.2, -0.15) is 0 Å². The van der Waals surface area contributed by atoms with Crippen LogP contribution in [0.5, 0.6) is 5.75 Å². The molecule has 1 spiro atoms. The molecule has 0 radical (unpaired) electrons. The largest absolute Gasteiger partial charge is 0.490 e. The molecule has 2 aliphatic carbocycles. The van der Waals surface area contributed by atoms with E-state index < -0.39 is 15.9 Å². The number of benzene rings is 3. The molecule has 5 atom stereocenters. The van der Waals surface area contributed by atoms with Gasteiger partial charge in [-0.05, 0) is 109 Å². The highest BCUT2D eigenvalue weighted by Crippen LogP contribution is 2.47. The topological polar surface area (TPSA) is 129 Å². The van der Waals surface area contributed by atoms with Gasteiger partial charge in [0, 0.05) is 62.8 Å². The molecule has 3 aromatic rings. The second kappa shape index (κ2) is 15.1. The highest BCUT2D eigenvalue weighted by atomic mass is 35.5. The zero-order valence-electron chi connectivity index (χ0n) is 32.3. The van der Waals surface area contributed by atoms with E-state index in [1.54, 1.807) is 28.0 Å². The maximum atomic E-state index is 14.2. The Bertz CT molecular complexity index is 2200. The second-order valence-corrected chi connectivity index (χ2v) is 19.3. The summed E-state index contributed by atoms with van der Waals surface area (Å²) in [6, 6.07) is 18.7. The van der Waals surface area contributed by atoms with E-state index in [0.29, 0.717) is 67.9 Å². The lowest BCUT2D eigenvalue weighted by Crippen LogP contribution is -2.59. The van der Waals surface area contributed by atoms with E-state index in [1.807, 2.05) is 31.3 Å². The summed E-state index contributed by atoms with van der Waals surface area (Å²) in [5, 5.41) is 0.704. The van der Waals surface area contributed by atoms with Crippen molar-refractivity contribution in [2.24, 2.45) is 11.8 Å². The first-order chi connectivity index (χ1) is 27.4. The van der Waals surface area contributed by atoms with Gasteiger partial charge in [0.2, 0.25) is 11.8 Å². The molecule has 2 unspecified atom stereocenters. The van der Waals surface area contributed by atoms with Crippen molar-refractivity contribution in [3.05, 3.63) is 87.9 Å². The quantitative estimate of drug-likeness (QED) is 0.355. The number of hydrogen-bond donors (Lipinski definition) is 1. The number of carbonyl (C=O) groups is 3. The third kappa shape index (κ3) is 7.70. The average Bonchev–Trinajstić information content (AvgIpc) is 3.31. The first-order valence-electron chi connectivity index (χ1n) is 20.3. The number of amides is 3. The van der Waals surface area contributed by atoms with Crippen LogP contribution in [-0.4, -0.2) is 106 Å². The van der Waals surface area contributed by atoms with Crippen LogP contribution in [0.4, 0.5) is 10.5 Å². The molecule has 57 heavy (non-hydrogen) atoms. The first-order valence-corrected chi connectivity index (χ1v) is 22.2.